The zero-order chi connectivity index (χ0) is 17.7. The number of amides is 2. The second-order valence-electron chi connectivity index (χ2n) is 5.75. The largest absolute Gasteiger partial charge is 0.380 e. The highest BCUT2D eigenvalue weighted by molar-refractivity contribution is 7.22. The zero-order valence-corrected chi connectivity index (χ0v) is 16.0. The number of hydrogen-bond acceptors (Lipinski definition) is 6. The fraction of sp³-hybridized carbons (Fsp3) is 0.438. The van der Waals surface area contributed by atoms with E-state index in [1.807, 2.05) is 32.0 Å². The summed E-state index contributed by atoms with van der Waals surface area (Å²) in [4.78, 5) is 28.2. The van der Waals surface area contributed by atoms with Crippen LogP contribution in [-0.4, -0.2) is 36.5 Å². The minimum absolute atomic E-state index is 0. The Morgan fingerprint density at radius 2 is 2.08 bits per heavy atom. The molecule has 1 heterocycles. The first-order valence-corrected chi connectivity index (χ1v) is 8.44. The number of nitrogens with two attached hydrogens (primary N) is 1. The third-order valence-corrected chi connectivity index (χ3v) is 4.43. The molecule has 1 aromatic carbocycles. The molecule has 0 saturated carbocycles. The van der Waals surface area contributed by atoms with Gasteiger partial charge in [0.25, 0.3) is 0 Å². The van der Waals surface area contributed by atoms with Gasteiger partial charge in [0.05, 0.1) is 29.4 Å². The lowest BCUT2D eigenvalue weighted by Crippen LogP contribution is -2.46. The van der Waals surface area contributed by atoms with Crippen molar-refractivity contribution in [2.24, 2.45) is 11.7 Å². The predicted octanol–water partition coefficient (Wildman–Crippen LogP) is 1.90. The molecule has 0 aliphatic heterocycles. The summed E-state index contributed by atoms with van der Waals surface area (Å²) in [6, 6.07) is 5.17. The molecule has 9 heteroatoms. The molecule has 0 unspecified atom stereocenters. The second kappa shape index (κ2) is 9.67. The van der Waals surface area contributed by atoms with Crippen molar-refractivity contribution in [3.63, 3.8) is 0 Å². The molecule has 7 nitrogen and oxygen atoms in total. The first-order chi connectivity index (χ1) is 11.4. The van der Waals surface area contributed by atoms with Gasteiger partial charge in [-0.3, -0.25) is 9.59 Å². The van der Waals surface area contributed by atoms with Crippen molar-refractivity contribution in [3.05, 3.63) is 23.8 Å². The summed E-state index contributed by atoms with van der Waals surface area (Å²) in [6.07, 6.45) is 0. The highest BCUT2D eigenvalue weighted by Crippen LogP contribution is 2.28. The first-order valence-electron chi connectivity index (χ1n) is 7.63. The number of carbonyl (C=O) groups is 2. The highest BCUT2D eigenvalue weighted by atomic mass is 35.5. The molecule has 1 atom stereocenters. The van der Waals surface area contributed by atoms with Crippen molar-refractivity contribution in [2.75, 3.05) is 19.0 Å². The molecule has 0 saturated heterocycles. The summed E-state index contributed by atoms with van der Waals surface area (Å²) in [5.41, 5.74) is 7.50. The summed E-state index contributed by atoms with van der Waals surface area (Å²) in [6.45, 7) is 4.02. The minimum atomic E-state index is -0.628. The van der Waals surface area contributed by atoms with Gasteiger partial charge in [0.2, 0.25) is 11.8 Å². The number of thiazole rings is 1. The van der Waals surface area contributed by atoms with Gasteiger partial charge >= 0.3 is 0 Å². The van der Waals surface area contributed by atoms with Crippen LogP contribution in [0, 0.1) is 5.92 Å². The monoisotopic (exact) mass is 386 g/mol. The molecular weight excluding hydrogens is 364 g/mol. The molecule has 0 aliphatic carbocycles. The van der Waals surface area contributed by atoms with Gasteiger partial charge in [-0.1, -0.05) is 37.3 Å². The number of ether oxygens (including phenoxy) is 1. The Kier molecular flexibility index (Phi) is 8.24. The molecule has 138 valence electrons. The number of para-hydroxylation sites is 1. The molecule has 0 spiro atoms. The number of aromatic nitrogens is 1. The van der Waals surface area contributed by atoms with Crippen molar-refractivity contribution >= 4 is 50.9 Å². The standard InChI is InChI=1S/C16H22N4O3S.ClH/c1-9(2)13(17)15(22)18-7-12(21)19-16-20-14-10(8-23-3)5-4-6-11(14)24-16;/h4-6,9,13H,7-8,17H2,1-3H3,(H,18,22)(H,19,20,21);1H/t13-;/m0./s1. The van der Waals surface area contributed by atoms with E-state index in [1.54, 1.807) is 7.11 Å². The van der Waals surface area contributed by atoms with Gasteiger partial charge in [0.1, 0.15) is 0 Å². The Hall–Kier alpha value is -1.74. The average Bonchev–Trinajstić information content (AvgIpc) is 2.95. The van der Waals surface area contributed by atoms with Crippen LogP contribution in [0.1, 0.15) is 19.4 Å². The van der Waals surface area contributed by atoms with Crippen LogP contribution in [0.15, 0.2) is 18.2 Å². The number of carbonyl (C=O) groups excluding carboxylic acids is 2. The van der Waals surface area contributed by atoms with Crippen LogP contribution in [0.5, 0.6) is 0 Å². The van der Waals surface area contributed by atoms with Crippen molar-refractivity contribution in [1.29, 1.82) is 0 Å². The topological polar surface area (TPSA) is 106 Å². The highest BCUT2D eigenvalue weighted by Gasteiger charge is 2.18. The Labute approximate surface area is 156 Å². The third kappa shape index (κ3) is 5.64. The molecule has 2 amide bonds. The number of nitrogens with one attached hydrogen (secondary N) is 2. The van der Waals surface area contributed by atoms with Gasteiger partial charge in [0.15, 0.2) is 5.13 Å². The van der Waals surface area contributed by atoms with E-state index in [0.717, 1.165) is 15.8 Å². The Morgan fingerprint density at radius 1 is 1.36 bits per heavy atom. The van der Waals surface area contributed by atoms with E-state index >= 15 is 0 Å². The number of benzene rings is 1. The average molecular weight is 387 g/mol. The molecule has 2 rings (SSSR count). The number of methoxy groups -OCH3 is 1. The van der Waals surface area contributed by atoms with Crippen LogP contribution in [-0.2, 0) is 20.9 Å². The van der Waals surface area contributed by atoms with Crippen LogP contribution in [0.4, 0.5) is 5.13 Å². The van der Waals surface area contributed by atoms with Crippen molar-refractivity contribution in [3.8, 4) is 0 Å². The third-order valence-electron chi connectivity index (χ3n) is 3.49. The van der Waals surface area contributed by atoms with Gasteiger partial charge in [-0.15, -0.1) is 12.4 Å². The van der Waals surface area contributed by atoms with Gasteiger partial charge in [-0.2, -0.15) is 0 Å². The molecule has 4 N–H and O–H groups in total. The number of anilines is 1. The van der Waals surface area contributed by atoms with E-state index in [1.165, 1.54) is 11.3 Å². The SMILES string of the molecule is COCc1cccc2sc(NC(=O)CNC(=O)[C@@H](N)C(C)C)nc12.Cl. The second-order valence-corrected chi connectivity index (χ2v) is 6.78. The fourth-order valence-corrected chi connectivity index (χ4v) is 3.01. The number of rotatable bonds is 7. The van der Waals surface area contributed by atoms with Gasteiger partial charge in [-0.05, 0) is 12.0 Å². The van der Waals surface area contributed by atoms with E-state index < -0.39 is 6.04 Å². The molecule has 0 aliphatic rings. The van der Waals surface area contributed by atoms with E-state index in [0.29, 0.717) is 11.7 Å². The summed E-state index contributed by atoms with van der Waals surface area (Å²) in [5.74, 6) is -0.671. The van der Waals surface area contributed by atoms with Crippen LogP contribution < -0.4 is 16.4 Å². The van der Waals surface area contributed by atoms with Crippen LogP contribution in [0.25, 0.3) is 10.2 Å². The maximum Gasteiger partial charge on any atom is 0.245 e. The molecular formula is C16H23ClN4O3S. The van der Waals surface area contributed by atoms with E-state index in [2.05, 4.69) is 15.6 Å². The molecule has 0 bridgehead atoms. The van der Waals surface area contributed by atoms with Gasteiger partial charge in [0, 0.05) is 12.7 Å². The number of halogens is 1. The fourth-order valence-electron chi connectivity index (χ4n) is 2.08. The predicted molar refractivity (Wildman–Crippen MR) is 102 cm³/mol. The zero-order valence-electron chi connectivity index (χ0n) is 14.4. The smallest absolute Gasteiger partial charge is 0.245 e. The number of fused-ring (bicyclic) bond motifs is 1. The lowest BCUT2D eigenvalue weighted by atomic mass is 10.1. The molecule has 0 fully saturated rings. The normalized spacial score (nSPS) is 11.9. The van der Waals surface area contributed by atoms with Crippen molar-refractivity contribution in [2.45, 2.75) is 26.5 Å². The maximum absolute atomic E-state index is 12.0. The Bertz CT molecular complexity index is 735. The summed E-state index contributed by atoms with van der Waals surface area (Å²) in [5, 5.41) is 5.71. The Balaban J connectivity index is 0.00000312. The van der Waals surface area contributed by atoms with Crippen molar-refractivity contribution in [1.82, 2.24) is 10.3 Å². The van der Waals surface area contributed by atoms with E-state index in [4.69, 9.17) is 10.5 Å². The van der Waals surface area contributed by atoms with Crippen molar-refractivity contribution < 1.29 is 14.3 Å². The van der Waals surface area contributed by atoms with Crippen LogP contribution in [0.3, 0.4) is 0 Å². The summed E-state index contributed by atoms with van der Waals surface area (Å²) < 4.78 is 6.11. The lowest BCUT2D eigenvalue weighted by Gasteiger charge is -2.14. The maximum atomic E-state index is 12.0. The van der Waals surface area contributed by atoms with Crippen LogP contribution >= 0.6 is 23.7 Å². The van der Waals surface area contributed by atoms with E-state index in [9.17, 15) is 9.59 Å². The first kappa shape index (κ1) is 21.3. The summed E-state index contributed by atoms with van der Waals surface area (Å²) >= 11 is 1.38. The van der Waals surface area contributed by atoms with Crippen LogP contribution in [0.2, 0.25) is 0 Å². The lowest BCUT2D eigenvalue weighted by molar-refractivity contribution is -0.125. The summed E-state index contributed by atoms with van der Waals surface area (Å²) in [7, 11) is 1.62. The molecule has 25 heavy (non-hydrogen) atoms. The van der Waals surface area contributed by atoms with Gasteiger partial charge in [-0.25, -0.2) is 4.98 Å². The van der Waals surface area contributed by atoms with E-state index in [-0.39, 0.29) is 36.7 Å². The Morgan fingerprint density at radius 3 is 2.72 bits per heavy atom. The number of hydrogen-bond donors (Lipinski definition) is 3. The van der Waals surface area contributed by atoms with Gasteiger partial charge < -0.3 is 21.1 Å². The molecule has 1 aromatic heterocycles. The minimum Gasteiger partial charge on any atom is -0.380 e. The molecule has 0 radical (unpaired) electrons. The quantitative estimate of drug-likeness (QED) is 0.673. The molecule has 2 aromatic rings. The number of nitrogens with zero attached hydrogens (tertiary/aromatic N) is 1.